The standard InChI is InChI=1S/C32H41N3O4S/c1-6-26-16-13-14-20-30(26)35(40(38,39)28-18-9-8-10-19-28)23-31(36)34(22-27-17-12-11-15-25(27)5)29(7-2)32(37)33-21-24(3)4/h8-20,24,29H,6-7,21-23H2,1-5H3,(H,33,37)/t29-/m1/s1. The van der Waals surface area contributed by atoms with E-state index in [0.29, 0.717) is 25.1 Å². The molecule has 0 saturated heterocycles. The third-order valence-electron chi connectivity index (χ3n) is 6.92. The lowest BCUT2D eigenvalue weighted by Crippen LogP contribution is -2.52. The van der Waals surface area contributed by atoms with E-state index in [1.54, 1.807) is 30.3 Å². The molecule has 2 amide bonds. The predicted molar refractivity (Wildman–Crippen MR) is 160 cm³/mol. The topological polar surface area (TPSA) is 86.8 Å². The van der Waals surface area contributed by atoms with Crippen molar-refractivity contribution in [2.45, 2.75) is 64.9 Å². The SMILES string of the molecule is CCc1ccccc1N(CC(=O)N(Cc1ccccc1C)[C@H](CC)C(=O)NCC(C)C)S(=O)(=O)c1ccccc1. The Bertz CT molecular complexity index is 1390. The molecule has 7 nitrogen and oxygen atoms in total. The van der Waals surface area contributed by atoms with Crippen molar-refractivity contribution in [2.75, 3.05) is 17.4 Å². The van der Waals surface area contributed by atoms with E-state index in [9.17, 15) is 18.0 Å². The molecule has 3 rings (SSSR count). The van der Waals surface area contributed by atoms with Crippen LogP contribution in [0.3, 0.4) is 0 Å². The predicted octanol–water partition coefficient (Wildman–Crippen LogP) is 5.33. The van der Waals surface area contributed by atoms with E-state index in [-0.39, 0.29) is 23.3 Å². The fraction of sp³-hybridized carbons (Fsp3) is 0.375. The monoisotopic (exact) mass is 563 g/mol. The molecule has 0 spiro atoms. The molecule has 0 aliphatic rings. The Kier molecular flexibility index (Phi) is 10.9. The zero-order valence-corrected chi connectivity index (χ0v) is 24.9. The first-order valence-corrected chi connectivity index (χ1v) is 15.3. The van der Waals surface area contributed by atoms with Crippen molar-refractivity contribution >= 4 is 27.5 Å². The van der Waals surface area contributed by atoms with Gasteiger partial charge in [-0.05, 0) is 60.6 Å². The average molecular weight is 564 g/mol. The van der Waals surface area contributed by atoms with Gasteiger partial charge in [0.2, 0.25) is 11.8 Å². The largest absolute Gasteiger partial charge is 0.354 e. The quantitative estimate of drug-likeness (QED) is 0.305. The number of amides is 2. The molecule has 3 aromatic carbocycles. The minimum Gasteiger partial charge on any atom is -0.354 e. The van der Waals surface area contributed by atoms with Crippen molar-refractivity contribution in [3.8, 4) is 0 Å². The summed E-state index contributed by atoms with van der Waals surface area (Å²) >= 11 is 0. The van der Waals surface area contributed by atoms with Gasteiger partial charge in [0.15, 0.2) is 0 Å². The number of sulfonamides is 1. The number of aryl methyl sites for hydroxylation is 2. The highest BCUT2D eigenvalue weighted by Crippen LogP contribution is 2.28. The summed E-state index contributed by atoms with van der Waals surface area (Å²) in [5, 5.41) is 2.96. The van der Waals surface area contributed by atoms with Crippen molar-refractivity contribution in [1.29, 1.82) is 0 Å². The molecular weight excluding hydrogens is 522 g/mol. The minimum absolute atomic E-state index is 0.0980. The van der Waals surface area contributed by atoms with Crippen LogP contribution in [0, 0.1) is 12.8 Å². The van der Waals surface area contributed by atoms with Gasteiger partial charge >= 0.3 is 0 Å². The summed E-state index contributed by atoms with van der Waals surface area (Å²) in [6, 6.07) is 22.3. The van der Waals surface area contributed by atoms with Gasteiger partial charge in [0, 0.05) is 13.1 Å². The maximum absolute atomic E-state index is 14.2. The average Bonchev–Trinajstić information content (AvgIpc) is 2.95. The number of para-hydroxylation sites is 1. The molecule has 0 aromatic heterocycles. The first kappa shape index (κ1) is 30.9. The maximum Gasteiger partial charge on any atom is 0.264 e. The molecule has 3 aromatic rings. The number of rotatable bonds is 13. The van der Waals surface area contributed by atoms with E-state index in [4.69, 9.17) is 0 Å². The fourth-order valence-corrected chi connectivity index (χ4v) is 6.07. The van der Waals surface area contributed by atoms with E-state index >= 15 is 0 Å². The van der Waals surface area contributed by atoms with Gasteiger partial charge in [-0.3, -0.25) is 13.9 Å². The highest BCUT2D eigenvalue weighted by atomic mass is 32.2. The Morgan fingerprint density at radius 3 is 2.05 bits per heavy atom. The van der Waals surface area contributed by atoms with Crippen LogP contribution in [0.1, 0.15) is 50.8 Å². The number of nitrogens with one attached hydrogen (secondary N) is 1. The zero-order chi connectivity index (χ0) is 29.3. The second-order valence-corrected chi connectivity index (χ2v) is 12.2. The molecule has 0 aliphatic carbocycles. The molecule has 40 heavy (non-hydrogen) atoms. The molecule has 0 bridgehead atoms. The number of hydrogen-bond acceptors (Lipinski definition) is 4. The lowest BCUT2D eigenvalue weighted by atomic mass is 10.1. The van der Waals surface area contributed by atoms with Gasteiger partial charge in [-0.15, -0.1) is 0 Å². The van der Waals surface area contributed by atoms with Crippen LogP contribution in [0.25, 0.3) is 0 Å². The van der Waals surface area contributed by atoms with Gasteiger partial charge in [-0.1, -0.05) is 88.4 Å². The lowest BCUT2D eigenvalue weighted by Gasteiger charge is -2.34. The third kappa shape index (κ3) is 7.50. The second-order valence-electron chi connectivity index (χ2n) is 10.3. The first-order chi connectivity index (χ1) is 19.1. The lowest BCUT2D eigenvalue weighted by molar-refractivity contribution is -0.140. The molecule has 214 valence electrons. The summed E-state index contributed by atoms with van der Waals surface area (Å²) < 4.78 is 29.2. The van der Waals surface area contributed by atoms with Crippen LogP contribution >= 0.6 is 0 Å². The van der Waals surface area contributed by atoms with Crippen molar-refractivity contribution in [1.82, 2.24) is 10.2 Å². The molecule has 1 atom stereocenters. The van der Waals surface area contributed by atoms with E-state index in [1.807, 2.05) is 71.0 Å². The Morgan fingerprint density at radius 1 is 0.850 bits per heavy atom. The number of carbonyl (C=O) groups excluding carboxylic acids is 2. The summed E-state index contributed by atoms with van der Waals surface area (Å²) in [5.41, 5.74) is 3.15. The van der Waals surface area contributed by atoms with E-state index < -0.39 is 28.5 Å². The number of hydrogen-bond donors (Lipinski definition) is 1. The number of anilines is 1. The van der Waals surface area contributed by atoms with Crippen molar-refractivity contribution in [3.63, 3.8) is 0 Å². The second kappa shape index (κ2) is 14.1. The molecule has 0 radical (unpaired) electrons. The zero-order valence-electron chi connectivity index (χ0n) is 24.1. The molecular formula is C32H41N3O4S. The van der Waals surface area contributed by atoms with Gasteiger partial charge in [0.1, 0.15) is 12.6 Å². The van der Waals surface area contributed by atoms with E-state index in [2.05, 4.69) is 5.32 Å². The van der Waals surface area contributed by atoms with Crippen LogP contribution in [0.5, 0.6) is 0 Å². The summed E-state index contributed by atoms with van der Waals surface area (Å²) in [5.74, 6) is -0.441. The highest BCUT2D eigenvalue weighted by Gasteiger charge is 2.34. The molecule has 0 saturated carbocycles. The van der Waals surface area contributed by atoms with Crippen molar-refractivity contribution in [3.05, 3.63) is 95.6 Å². The van der Waals surface area contributed by atoms with Gasteiger partial charge < -0.3 is 10.2 Å². The first-order valence-electron chi connectivity index (χ1n) is 13.9. The number of carbonyl (C=O) groups is 2. The molecule has 0 unspecified atom stereocenters. The summed E-state index contributed by atoms with van der Waals surface area (Å²) in [6.45, 7) is 10.0. The van der Waals surface area contributed by atoms with Crippen LogP contribution < -0.4 is 9.62 Å². The van der Waals surface area contributed by atoms with Crippen LogP contribution in [-0.2, 0) is 32.6 Å². The van der Waals surface area contributed by atoms with Crippen LogP contribution in [-0.4, -0.2) is 44.3 Å². The molecule has 0 aliphatic heterocycles. The molecule has 0 fully saturated rings. The van der Waals surface area contributed by atoms with Crippen LogP contribution in [0.15, 0.2) is 83.8 Å². The van der Waals surface area contributed by atoms with E-state index in [1.165, 1.54) is 21.3 Å². The maximum atomic E-state index is 14.2. The smallest absolute Gasteiger partial charge is 0.264 e. The fourth-order valence-electron chi connectivity index (χ4n) is 4.60. The Balaban J connectivity index is 2.08. The molecule has 1 N–H and O–H groups in total. The Hall–Kier alpha value is -3.65. The highest BCUT2D eigenvalue weighted by molar-refractivity contribution is 7.92. The van der Waals surface area contributed by atoms with Gasteiger partial charge in [0.25, 0.3) is 10.0 Å². The third-order valence-corrected chi connectivity index (χ3v) is 8.70. The summed E-state index contributed by atoms with van der Waals surface area (Å²) in [4.78, 5) is 29.2. The van der Waals surface area contributed by atoms with Crippen LogP contribution in [0.2, 0.25) is 0 Å². The number of benzene rings is 3. The van der Waals surface area contributed by atoms with Crippen LogP contribution in [0.4, 0.5) is 5.69 Å². The van der Waals surface area contributed by atoms with Gasteiger partial charge in [-0.25, -0.2) is 8.42 Å². The summed E-state index contributed by atoms with van der Waals surface area (Å²) in [6.07, 6.45) is 0.978. The van der Waals surface area contributed by atoms with Crippen molar-refractivity contribution < 1.29 is 18.0 Å². The van der Waals surface area contributed by atoms with Gasteiger partial charge in [-0.2, -0.15) is 0 Å². The van der Waals surface area contributed by atoms with Gasteiger partial charge in [0.05, 0.1) is 10.6 Å². The van der Waals surface area contributed by atoms with Crippen molar-refractivity contribution in [2.24, 2.45) is 5.92 Å². The van der Waals surface area contributed by atoms with E-state index in [0.717, 1.165) is 16.7 Å². The number of nitrogens with zero attached hydrogens (tertiary/aromatic N) is 2. The molecule has 8 heteroatoms. The normalized spacial score (nSPS) is 12.2. The minimum atomic E-state index is -4.09. The Labute approximate surface area is 239 Å². The Morgan fingerprint density at radius 2 is 1.45 bits per heavy atom. The summed E-state index contributed by atoms with van der Waals surface area (Å²) in [7, 11) is -4.09. The molecule has 0 heterocycles.